The van der Waals surface area contributed by atoms with Gasteiger partial charge >= 0.3 is 0 Å². The number of hydrogen-bond donors (Lipinski definition) is 2. The van der Waals surface area contributed by atoms with E-state index in [4.69, 9.17) is 9.47 Å². The molecule has 180 valence electrons. The summed E-state index contributed by atoms with van der Waals surface area (Å²) >= 11 is 0. The number of fused-ring (bicyclic) bond motifs is 2. The molecule has 0 radical (unpaired) electrons. The molecular weight excluding hydrogens is 456 g/mol. The van der Waals surface area contributed by atoms with Gasteiger partial charge in [0.15, 0.2) is 5.65 Å². The second kappa shape index (κ2) is 8.49. The molecule has 0 unspecified atom stereocenters. The Kier molecular flexibility index (Phi) is 5.14. The van der Waals surface area contributed by atoms with Gasteiger partial charge in [-0.2, -0.15) is 0 Å². The number of nitrogens with one attached hydrogen (secondary N) is 2. The molecule has 5 aromatic rings. The summed E-state index contributed by atoms with van der Waals surface area (Å²) in [5.74, 6) is 2.15. The molecule has 0 bridgehead atoms. The molecule has 6 rings (SSSR count). The molecule has 2 N–H and O–H groups in total. The van der Waals surface area contributed by atoms with Gasteiger partial charge in [0.25, 0.3) is 6.02 Å². The molecule has 2 aromatic carbocycles. The zero-order valence-corrected chi connectivity index (χ0v) is 20.1. The van der Waals surface area contributed by atoms with Gasteiger partial charge in [0.05, 0.1) is 11.1 Å². The molecule has 0 amide bonds. The molecule has 10 heteroatoms. The van der Waals surface area contributed by atoms with E-state index in [2.05, 4.69) is 35.8 Å². The number of benzene rings is 2. The van der Waals surface area contributed by atoms with E-state index >= 15 is 0 Å². The van der Waals surface area contributed by atoms with E-state index < -0.39 is 0 Å². The van der Waals surface area contributed by atoms with Gasteiger partial charge in [0, 0.05) is 29.0 Å². The van der Waals surface area contributed by atoms with E-state index in [0.717, 1.165) is 39.2 Å². The molecule has 0 spiro atoms. The van der Waals surface area contributed by atoms with Crippen molar-refractivity contribution in [1.29, 1.82) is 0 Å². The van der Waals surface area contributed by atoms with Gasteiger partial charge in [-0.3, -0.25) is 4.40 Å². The Labute approximate surface area is 207 Å². The maximum absolute atomic E-state index is 6.09. The average Bonchev–Trinajstić information content (AvgIpc) is 3.46. The summed E-state index contributed by atoms with van der Waals surface area (Å²) in [6.07, 6.45) is 5.07. The van der Waals surface area contributed by atoms with E-state index in [1.54, 1.807) is 12.7 Å². The van der Waals surface area contributed by atoms with Crippen molar-refractivity contribution in [1.82, 2.24) is 24.6 Å². The summed E-state index contributed by atoms with van der Waals surface area (Å²) in [5, 5.41) is 15.5. The Morgan fingerprint density at radius 2 is 1.86 bits per heavy atom. The third-order valence-corrected chi connectivity index (χ3v) is 5.79. The van der Waals surface area contributed by atoms with Crippen molar-refractivity contribution in [3.8, 4) is 11.5 Å². The van der Waals surface area contributed by atoms with E-state index in [0.29, 0.717) is 24.2 Å². The lowest BCUT2D eigenvalue weighted by Crippen LogP contribution is -2.17. The number of ether oxygens (including phenoxy) is 2. The summed E-state index contributed by atoms with van der Waals surface area (Å²) in [4.78, 5) is 13.5. The van der Waals surface area contributed by atoms with E-state index in [9.17, 15) is 0 Å². The summed E-state index contributed by atoms with van der Waals surface area (Å²) in [7, 11) is 0. The highest BCUT2D eigenvalue weighted by Crippen LogP contribution is 2.31. The summed E-state index contributed by atoms with van der Waals surface area (Å²) < 4.78 is 13.6. The fraction of sp³-hybridized carbons (Fsp3) is 0.192. The van der Waals surface area contributed by atoms with Crippen molar-refractivity contribution < 1.29 is 9.47 Å². The topological polar surface area (TPSA) is 111 Å². The highest BCUT2D eigenvalue weighted by Gasteiger charge is 2.26. The normalized spacial score (nSPS) is 14.5. The van der Waals surface area contributed by atoms with Crippen LogP contribution in [0.2, 0.25) is 0 Å². The number of pyridine rings is 1. The number of rotatable bonds is 5. The van der Waals surface area contributed by atoms with Crippen LogP contribution in [0.1, 0.15) is 19.4 Å². The first kappa shape index (κ1) is 21.8. The molecule has 1 aliphatic heterocycles. The number of amidine groups is 1. The molecule has 4 heterocycles. The van der Waals surface area contributed by atoms with Crippen molar-refractivity contribution in [3.63, 3.8) is 0 Å². The number of aryl methyl sites for hydroxylation is 1. The number of aliphatic imine (C=N–C) groups is 1. The smallest absolute Gasteiger partial charge is 0.289 e. The van der Waals surface area contributed by atoms with Gasteiger partial charge in [-0.15, -0.1) is 10.2 Å². The van der Waals surface area contributed by atoms with Crippen LogP contribution in [0, 0.1) is 6.92 Å². The van der Waals surface area contributed by atoms with E-state index in [-0.39, 0.29) is 5.54 Å². The summed E-state index contributed by atoms with van der Waals surface area (Å²) in [6.45, 7) is 6.62. The fourth-order valence-corrected chi connectivity index (χ4v) is 3.97. The Morgan fingerprint density at radius 1 is 1.00 bits per heavy atom. The van der Waals surface area contributed by atoms with Crippen molar-refractivity contribution in [3.05, 3.63) is 72.9 Å². The monoisotopic (exact) mass is 480 g/mol. The SMILES string of the molecule is Cc1cc(Nc2ncnc3ccc(NC4=NC(C)(C)CO4)cc23)ccc1Oc1ccn2cnnc2c1. The second-order valence-corrected chi connectivity index (χ2v) is 9.26. The number of nitrogens with zero attached hydrogens (tertiary/aromatic N) is 6. The third-order valence-electron chi connectivity index (χ3n) is 5.79. The van der Waals surface area contributed by atoms with Crippen LogP contribution in [0.25, 0.3) is 16.6 Å². The van der Waals surface area contributed by atoms with Crippen LogP contribution in [0.15, 0.2) is 72.4 Å². The average molecular weight is 481 g/mol. The number of aromatic nitrogens is 5. The lowest BCUT2D eigenvalue weighted by molar-refractivity contribution is 0.278. The van der Waals surface area contributed by atoms with Crippen LogP contribution < -0.4 is 15.4 Å². The van der Waals surface area contributed by atoms with Gasteiger partial charge in [-0.1, -0.05) is 0 Å². The molecule has 0 saturated heterocycles. The largest absolute Gasteiger partial charge is 0.462 e. The molecule has 3 aromatic heterocycles. The quantitative estimate of drug-likeness (QED) is 0.358. The zero-order valence-electron chi connectivity index (χ0n) is 20.1. The van der Waals surface area contributed by atoms with Gasteiger partial charge in [-0.25, -0.2) is 15.0 Å². The molecule has 0 fully saturated rings. The molecular formula is C26H24N8O2. The fourth-order valence-electron chi connectivity index (χ4n) is 3.97. The van der Waals surface area contributed by atoms with Crippen molar-refractivity contribution in [2.24, 2.45) is 4.99 Å². The highest BCUT2D eigenvalue weighted by molar-refractivity contribution is 5.97. The maximum Gasteiger partial charge on any atom is 0.289 e. The van der Waals surface area contributed by atoms with Gasteiger partial charge in [0.2, 0.25) is 0 Å². The minimum Gasteiger partial charge on any atom is -0.462 e. The van der Waals surface area contributed by atoms with E-state index in [1.807, 2.05) is 79.9 Å². The minimum absolute atomic E-state index is 0.230. The standard InChI is InChI=1S/C26H24N8O2/c1-16-10-17(5-7-22(16)36-19-8-9-34-15-29-33-23(34)12-19)30-24-20-11-18(4-6-21(20)27-14-28-24)31-25-32-26(2,3)13-35-25/h4-12,14-15H,13H2,1-3H3,(H,31,32)(H,27,28,30). The first-order valence-corrected chi connectivity index (χ1v) is 11.5. The predicted octanol–water partition coefficient (Wildman–Crippen LogP) is 5.09. The van der Waals surface area contributed by atoms with Gasteiger partial charge < -0.3 is 20.1 Å². The first-order chi connectivity index (χ1) is 17.4. The zero-order chi connectivity index (χ0) is 24.7. The summed E-state index contributed by atoms with van der Waals surface area (Å²) in [5.41, 5.74) is 4.03. The van der Waals surface area contributed by atoms with E-state index in [1.165, 1.54) is 0 Å². The lowest BCUT2D eigenvalue weighted by atomic mass is 10.1. The lowest BCUT2D eigenvalue weighted by Gasteiger charge is -2.13. The molecule has 0 aliphatic carbocycles. The predicted molar refractivity (Wildman–Crippen MR) is 138 cm³/mol. The Bertz CT molecular complexity index is 1630. The highest BCUT2D eigenvalue weighted by atomic mass is 16.5. The van der Waals surface area contributed by atoms with Crippen LogP contribution in [-0.2, 0) is 4.74 Å². The molecule has 0 saturated carbocycles. The van der Waals surface area contributed by atoms with Crippen LogP contribution in [0.3, 0.4) is 0 Å². The Hall–Kier alpha value is -4.73. The maximum atomic E-state index is 6.09. The minimum atomic E-state index is -0.230. The van der Waals surface area contributed by atoms with Crippen LogP contribution in [0.4, 0.5) is 17.2 Å². The first-order valence-electron chi connectivity index (χ1n) is 11.5. The number of anilines is 3. The molecule has 10 nitrogen and oxygen atoms in total. The number of hydrogen-bond acceptors (Lipinski definition) is 9. The van der Waals surface area contributed by atoms with Crippen LogP contribution in [0.5, 0.6) is 11.5 Å². The molecule has 0 atom stereocenters. The summed E-state index contributed by atoms with van der Waals surface area (Å²) in [6, 6.07) is 16.0. The second-order valence-electron chi connectivity index (χ2n) is 9.26. The van der Waals surface area contributed by atoms with Crippen LogP contribution in [-0.4, -0.2) is 42.7 Å². The van der Waals surface area contributed by atoms with Crippen molar-refractivity contribution in [2.45, 2.75) is 26.3 Å². The Balaban J connectivity index is 1.23. The molecule has 1 aliphatic rings. The third kappa shape index (κ3) is 4.36. The van der Waals surface area contributed by atoms with Crippen molar-refractivity contribution in [2.75, 3.05) is 17.2 Å². The Morgan fingerprint density at radius 3 is 2.69 bits per heavy atom. The molecule has 36 heavy (non-hydrogen) atoms. The van der Waals surface area contributed by atoms with Crippen molar-refractivity contribution >= 4 is 39.8 Å². The van der Waals surface area contributed by atoms with Crippen LogP contribution >= 0.6 is 0 Å². The van der Waals surface area contributed by atoms with Gasteiger partial charge in [-0.05, 0) is 68.8 Å². The van der Waals surface area contributed by atoms with Gasteiger partial charge in [0.1, 0.15) is 36.6 Å².